The normalized spacial score (nSPS) is 21.0. The van der Waals surface area contributed by atoms with Crippen molar-refractivity contribution in [2.45, 2.75) is 25.3 Å². The summed E-state index contributed by atoms with van der Waals surface area (Å²) in [5.41, 5.74) is 1.18. The van der Waals surface area contributed by atoms with E-state index in [4.69, 9.17) is 0 Å². The molecule has 1 atom stereocenters. The Labute approximate surface area is 154 Å². The fourth-order valence-electron chi connectivity index (χ4n) is 3.88. The van der Waals surface area contributed by atoms with E-state index in [9.17, 15) is 4.79 Å². The summed E-state index contributed by atoms with van der Waals surface area (Å²) in [4.78, 5) is 21.3. The topological polar surface area (TPSA) is 66.3 Å². The lowest BCUT2D eigenvalue weighted by Crippen LogP contribution is -2.50. The van der Waals surface area contributed by atoms with E-state index in [2.05, 4.69) is 26.4 Å². The lowest BCUT2D eigenvalue weighted by Gasteiger charge is -2.35. The predicted molar refractivity (Wildman–Crippen MR) is 100 cm³/mol. The summed E-state index contributed by atoms with van der Waals surface area (Å²) in [5, 5.41) is 7.85. The molecule has 26 heavy (non-hydrogen) atoms. The number of hydrogen-bond donors (Lipinski definition) is 1. The van der Waals surface area contributed by atoms with E-state index in [-0.39, 0.29) is 5.91 Å². The van der Waals surface area contributed by atoms with Gasteiger partial charge >= 0.3 is 0 Å². The van der Waals surface area contributed by atoms with Gasteiger partial charge in [0.25, 0.3) is 0 Å². The molecule has 0 aliphatic carbocycles. The second kappa shape index (κ2) is 7.86. The van der Waals surface area contributed by atoms with E-state index in [1.54, 1.807) is 0 Å². The van der Waals surface area contributed by atoms with Crippen LogP contribution in [0.4, 0.5) is 5.82 Å². The van der Waals surface area contributed by atoms with Crippen molar-refractivity contribution in [3.8, 4) is 0 Å². The number of nitrogens with zero attached hydrogens (tertiary/aromatic N) is 5. The smallest absolute Gasteiger partial charge is 0.244 e. The van der Waals surface area contributed by atoms with Crippen molar-refractivity contribution < 1.29 is 4.79 Å². The molecule has 138 valence electrons. The highest BCUT2D eigenvalue weighted by molar-refractivity contribution is 5.76. The molecule has 7 nitrogen and oxygen atoms in total. The number of aromatic nitrogens is 3. The molecular weight excluding hydrogens is 328 g/mol. The zero-order valence-electron chi connectivity index (χ0n) is 15.0. The van der Waals surface area contributed by atoms with Gasteiger partial charge in [-0.1, -0.05) is 6.07 Å². The molecule has 1 amide bonds. The van der Waals surface area contributed by atoms with Crippen LogP contribution in [0.25, 0.3) is 0 Å². The predicted octanol–water partition coefficient (Wildman–Crippen LogP) is 1.09. The fourth-order valence-corrected chi connectivity index (χ4v) is 3.88. The molecular formula is C19H26N6O. The maximum Gasteiger partial charge on any atom is 0.244 e. The van der Waals surface area contributed by atoms with Crippen LogP contribution in [0.3, 0.4) is 0 Å². The van der Waals surface area contributed by atoms with E-state index in [0.29, 0.717) is 12.5 Å². The third kappa shape index (κ3) is 3.72. The lowest BCUT2D eigenvalue weighted by molar-refractivity contribution is -0.132. The van der Waals surface area contributed by atoms with Crippen molar-refractivity contribution in [3.63, 3.8) is 0 Å². The number of carbonyl (C=O) groups excluding carboxylic acids is 1. The van der Waals surface area contributed by atoms with E-state index in [1.165, 1.54) is 12.1 Å². The first-order valence-corrected chi connectivity index (χ1v) is 9.47. The first-order valence-electron chi connectivity index (χ1n) is 9.47. The van der Waals surface area contributed by atoms with Crippen molar-refractivity contribution in [1.82, 2.24) is 25.0 Å². The van der Waals surface area contributed by atoms with Crippen molar-refractivity contribution in [1.29, 1.82) is 0 Å². The summed E-state index contributed by atoms with van der Waals surface area (Å²) in [6, 6.07) is 8.00. The summed E-state index contributed by atoms with van der Waals surface area (Å²) in [6.07, 6.45) is 5.97. The number of amides is 1. The molecule has 2 saturated heterocycles. The van der Waals surface area contributed by atoms with Gasteiger partial charge in [0.1, 0.15) is 12.4 Å². The Morgan fingerprint density at radius 1 is 1.15 bits per heavy atom. The Bertz CT molecular complexity index is 717. The lowest BCUT2D eigenvalue weighted by atomic mass is 9.96. The number of rotatable bonds is 4. The summed E-state index contributed by atoms with van der Waals surface area (Å²) < 4.78 is 1.89. The fraction of sp³-hybridized carbons (Fsp3) is 0.526. The molecule has 0 radical (unpaired) electrons. The van der Waals surface area contributed by atoms with E-state index >= 15 is 0 Å². The van der Waals surface area contributed by atoms with E-state index < -0.39 is 0 Å². The minimum Gasteiger partial charge on any atom is -0.353 e. The first-order chi connectivity index (χ1) is 12.8. The van der Waals surface area contributed by atoms with Crippen molar-refractivity contribution in [2.24, 2.45) is 0 Å². The highest BCUT2D eigenvalue weighted by atomic mass is 16.2. The molecule has 2 aromatic heterocycles. The minimum absolute atomic E-state index is 0.152. The molecule has 4 rings (SSSR count). The monoisotopic (exact) mass is 354 g/mol. The quantitative estimate of drug-likeness (QED) is 0.890. The summed E-state index contributed by atoms with van der Waals surface area (Å²) in [5.74, 6) is 1.60. The molecule has 1 N–H and O–H groups in total. The molecule has 0 saturated carbocycles. The molecule has 0 aromatic carbocycles. The van der Waals surface area contributed by atoms with Gasteiger partial charge in [-0.05, 0) is 37.6 Å². The second-order valence-corrected chi connectivity index (χ2v) is 7.01. The number of nitrogens with one attached hydrogen (secondary N) is 1. The van der Waals surface area contributed by atoms with Gasteiger partial charge in [0.05, 0.1) is 0 Å². The number of anilines is 1. The minimum atomic E-state index is 0.152. The van der Waals surface area contributed by atoms with Gasteiger partial charge in [0, 0.05) is 56.7 Å². The third-order valence-corrected chi connectivity index (χ3v) is 5.36. The standard InChI is InChI=1S/C19H26N6O/c26-19(15-25-17(6-9-22-25)16-4-3-7-20-14-16)24-12-10-23(11-13-24)18-5-1-2-8-21-18/h1-2,5-6,8-9,16,20H,3-4,7,10-15H2/t16-/m1/s1. The van der Waals surface area contributed by atoms with Gasteiger partial charge in [-0.3, -0.25) is 9.48 Å². The zero-order valence-corrected chi connectivity index (χ0v) is 15.0. The highest BCUT2D eigenvalue weighted by Gasteiger charge is 2.24. The first kappa shape index (κ1) is 17.0. The van der Waals surface area contributed by atoms with Gasteiger partial charge in [-0.2, -0.15) is 5.10 Å². The number of pyridine rings is 1. The van der Waals surface area contributed by atoms with Crippen LogP contribution in [0.2, 0.25) is 0 Å². The molecule has 2 aromatic rings. The number of piperazine rings is 1. The molecule has 4 heterocycles. The molecule has 0 bridgehead atoms. The Morgan fingerprint density at radius 2 is 2.04 bits per heavy atom. The van der Waals surface area contributed by atoms with Crippen LogP contribution < -0.4 is 10.2 Å². The average Bonchev–Trinajstić information content (AvgIpc) is 3.17. The van der Waals surface area contributed by atoms with Crippen LogP contribution in [-0.4, -0.2) is 64.8 Å². The summed E-state index contributed by atoms with van der Waals surface area (Å²) in [7, 11) is 0. The van der Waals surface area contributed by atoms with Crippen LogP contribution in [0, 0.1) is 0 Å². The second-order valence-electron chi connectivity index (χ2n) is 7.01. The molecule has 2 fully saturated rings. The van der Waals surface area contributed by atoms with Gasteiger partial charge in [0.15, 0.2) is 0 Å². The van der Waals surface area contributed by atoms with Crippen LogP contribution in [0.15, 0.2) is 36.7 Å². The van der Waals surface area contributed by atoms with Crippen LogP contribution in [0.1, 0.15) is 24.5 Å². The molecule has 2 aliphatic rings. The van der Waals surface area contributed by atoms with Gasteiger partial charge in [0.2, 0.25) is 5.91 Å². The van der Waals surface area contributed by atoms with E-state index in [0.717, 1.165) is 51.5 Å². The van der Waals surface area contributed by atoms with Crippen LogP contribution in [0.5, 0.6) is 0 Å². The van der Waals surface area contributed by atoms with E-state index in [1.807, 2.05) is 40.2 Å². The Hall–Kier alpha value is -2.41. The Kier molecular flexibility index (Phi) is 5.15. The maximum atomic E-state index is 12.8. The number of piperidine rings is 1. The Morgan fingerprint density at radius 3 is 2.77 bits per heavy atom. The largest absolute Gasteiger partial charge is 0.353 e. The van der Waals surface area contributed by atoms with Crippen molar-refractivity contribution in [2.75, 3.05) is 44.2 Å². The van der Waals surface area contributed by atoms with Crippen molar-refractivity contribution >= 4 is 11.7 Å². The molecule has 7 heteroatoms. The molecule has 0 spiro atoms. The van der Waals surface area contributed by atoms with Crippen molar-refractivity contribution in [3.05, 3.63) is 42.4 Å². The van der Waals surface area contributed by atoms with Crippen LogP contribution >= 0.6 is 0 Å². The third-order valence-electron chi connectivity index (χ3n) is 5.36. The zero-order chi connectivity index (χ0) is 17.8. The van der Waals surface area contributed by atoms with Gasteiger partial charge in [-0.25, -0.2) is 4.98 Å². The molecule has 0 unspecified atom stereocenters. The number of carbonyl (C=O) groups is 1. The SMILES string of the molecule is O=C(Cn1nccc1[C@@H]1CCCNC1)N1CCN(c2ccccn2)CC1. The maximum absolute atomic E-state index is 12.8. The average molecular weight is 354 g/mol. The number of hydrogen-bond acceptors (Lipinski definition) is 5. The van der Waals surface area contributed by atoms with Crippen LogP contribution in [-0.2, 0) is 11.3 Å². The van der Waals surface area contributed by atoms with Gasteiger partial charge < -0.3 is 15.1 Å². The summed E-state index contributed by atoms with van der Waals surface area (Å²) in [6.45, 7) is 5.51. The Balaban J connectivity index is 1.34. The molecule has 2 aliphatic heterocycles. The van der Waals surface area contributed by atoms with Gasteiger partial charge in [-0.15, -0.1) is 0 Å². The highest BCUT2D eigenvalue weighted by Crippen LogP contribution is 2.23. The summed E-state index contributed by atoms with van der Waals surface area (Å²) >= 11 is 0.